The predicted molar refractivity (Wildman–Crippen MR) is 96.1 cm³/mol. The molecular weight excluding hydrogens is 395 g/mol. The van der Waals surface area contributed by atoms with Crippen molar-refractivity contribution in [1.82, 2.24) is 9.97 Å². The van der Waals surface area contributed by atoms with Gasteiger partial charge >= 0.3 is 6.36 Å². The smallest absolute Gasteiger partial charge is 0.404 e. The Bertz CT molecular complexity index is 1100. The molecule has 1 N–H and O–H groups in total. The van der Waals surface area contributed by atoms with Gasteiger partial charge < -0.3 is 4.74 Å². The third kappa shape index (κ3) is 4.77. The molecule has 0 spiro atoms. The molecule has 6 nitrogen and oxygen atoms in total. The fourth-order valence-electron chi connectivity index (χ4n) is 2.45. The molecule has 3 rings (SSSR count). The average Bonchev–Trinajstić information content (AvgIpc) is 2.60. The van der Waals surface area contributed by atoms with E-state index >= 15 is 0 Å². The van der Waals surface area contributed by atoms with Crippen LogP contribution in [0.15, 0.2) is 65.7 Å². The summed E-state index contributed by atoms with van der Waals surface area (Å²) in [6.07, 6.45) is -3.45. The Balaban J connectivity index is 1.93. The molecule has 10 heteroatoms. The van der Waals surface area contributed by atoms with Gasteiger partial charge in [0.2, 0.25) is 0 Å². The number of hydrogen-bond acceptors (Lipinski definition) is 5. The van der Waals surface area contributed by atoms with Crippen LogP contribution in [0.1, 0.15) is 5.82 Å². The molecule has 0 atom stereocenters. The number of halogens is 3. The molecule has 0 fully saturated rings. The summed E-state index contributed by atoms with van der Waals surface area (Å²) in [5, 5.41) is 0. The summed E-state index contributed by atoms with van der Waals surface area (Å²) < 4.78 is 69.0. The number of hydrogen-bond donors (Lipinski definition) is 1. The number of rotatable bonds is 5. The zero-order valence-electron chi connectivity index (χ0n) is 14.4. The van der Waals surface area contributed by atoms with Crippen LogP contribution in [0.25, 0.3) is 11.3 Å². The first-order chi connectivity index (χ1) is 13.1. The minimum Gasteiger partial charge on any atom is -0.404 e. The Morgan fingerprint density at radius 3 is 2.50 bits per heavy atom. The van der Waals surface area contributed by atoms with Gasteiger partial charge in [-0.2, -0.15) is 0 Å². The third-order valence-electron chi connectivity index (χ3n) is 3.55. The molecule has 0 saturated carbocycles. The monoisotopic (exact) mass is 409 g/mol. The second-order valence-electron chi connectivity index (χ2n) is 5.67. The van der Waals surface area contributed by atoms with E-state index in [-0.39, 0.29) is 5.69 Å². The van der Waals surface area contributed by atoms with Crippen molar-refractivity contribution in [1.29, 1.82) is 0 Å². The molecule has 28 heavy (non-hydrogen) atoms. The number of benzene rings is 2. The van der Waals surface area contributed by atoms with Crippen molar-refractivity contribution in [3.63, 3.8) is 0 Å². The number of alkyl halides is 3. The van der Waals surface area contributed by atoms with Gasteiger partial charge in [-0.15, -0.1) is 13.2 Å². The minimum atomic E-state index is -5.02. The number of sulfonamides is 1. The van der Waals surface area contributed by atoms with E-state index < -0.39 is 27.0 Å². The quantitative estimate of drug-likeness (QED) is 0.685. The van der Waals surface area contributed by atoms with Gasteiger partial charge in [-0.3, -0.25) is 4.72 Å². The van der Waals surface area contributed by atoms with Crippen LogP contribution in [0.4, 0.5) is 18.9 Å². The standard InChI is InChI=1S/C18H14F3N3O3S/c1-12-22-10-9-15(23-12)13-5-4-6-14(11-13)24-28(25,26)17-8-3-2-7-16(17)27-18(19,20)21/h2-11,24H,1H3. The highest BCUT2D eigenvalue weighted by Crippen LogP contribution is 2.31. The zero-order valence-corrected chi connectivity index (χ0v) is 15.3. The lowest BCUT2D eigenvalue weighted by Crippen LogP contribution is -2.20. The normalized spacial score (nSPS) is 11.9. The molecule has 0 aliphatic rings. The summed E-state index contributed by atoms with van der Waals surface area (Å²) in [4.78, 5) is 7.63. The Morgan fingerprint density at radius 2 is 1.79 bits per heavy atom. The van der Waals surface area contributed by atoms with Crippen molar-refractivity contribution in [2.75, 3.05) is 4.72 Å². The summed E-state index contributed by atoms with van der Waals surface area (Å²) in [6.45, 7) is 1.72. The highest BCUT2D eigenvalue weighted by molar-refractivity contribution is 7.92. The summed E-state index contributed by atoms with van der Waals surface area (Å²) in [7, 11) is -4.33. The lowest BCUT2D eigenvalue weighted by Gasteiger charge is -2.14. The molecule has 0 bridgehead atoms. The molecule has 3 aromatic rings. The third-order valence-corrected chi connectivity index (χ3v) is 4.97. The van der Waals surface area contributed by atoms with Crippen molar-refractivity contribution in [3.8, 4) is 17.0 Å². The van der Waals surface area contributed by atoms with Gasteiger partial charge in [-0.05, 0) is 37.3 Å². The molecule has 0 saturated heterocycles. The minimum absolute atomic E-state index is 0.163. The summed E-state index contributed by atoms with van der Waals surface area (Å²) in [5.41, 5.74) is 1.36. The van der Waals surface area contributed by atoms with Gasteiger partial charge in [0.25, 0.3) is 10.0 Å². The number of anilines is 1. The fraction of sp³-hybridized carbons (Fsp3) is 0.111. The first kappa shape index (κ1) is 19.6. The first-order valence-electron chi connectivity index (χ1n) is 7.92. The molecule has 146 valence electrons. The molecule has 1 heterocycles. The summed E-state index contributed by atoms with van der Waals surface area (Å²) in [6, 6.07) is 12.5. The highest BCUT2D eigenvalue weighted by Gasteiger charge is 2.34. The molecule has 2 aromatic carbocycles. The van der Waals surface area contributed by atoms with E-state index in [1.54, 1.807) is 31.3 Å². The maximum absolute atomic E-state index is 12.6. The molecule has 0 aliphatic carbocycles. The van der Waals surface area contributed by atoms with Crippen LogP contribution < -0.4 is 9.46 Å². The van der Waals surface area contributed by atoms with E-state index in [0.29, 0.717) is 17.1 Å². The maximum atomic E-state index is 12.6. The first-order valence-corrected chi connectivity index (χ1v) is 9.40. The van der Waals surface area contributed by atoms with E-state index in [1.165, 1.54) is 24.3 Å². The number of para-hydroxylation sites is 1. The van der Waals surface area contributed by atoms with Crippen LogP contribution in [0.3, 0.4) is 0 Å². The zero-order chi connectivity index (χ0) is 20.4. The van der Waals surface area contributed by atoms with Gasteiger partial charge in [0.15, 0.2) is 0 Å². The number of aromatic nitrogens is 2. The van der Waals surface area contributed by atoms with E-state index in [1.807, 2.05) is 0 Å². The van der Waals surface area contributed by atoms with Crippen LogP contribution in [0.2, 0.25) is 0 Å². The average molecular weight is 409 g/mol. The number of aryl methyl sites for hydroxylation is 1. The van der Waals surface area contributed by atoms with Crippen LogP contribution in [-0.2, 0) is 10.0 Å². The van der Waals surface area contributed by atoms with Crippen molar-refractivity contribution < 1.29 is 26.3 Å². The van der Waals surface area contributed by atoms with Crippen molar-refractivity contribution >= 4 is 15.7 Å². The van der Waals surface area contributed by atoms with Crippen molar-refractivity contribution in [3.05, 3.63) is 66.6 Å². The van der Waals surface area contributed by atoms with E-state index in [9.17, 15) is 21.6 Å². The molecule has 1 aromatic heterocycles. The Hall–Kier alpha value is -3.14. The van der Waals surface area contributed by atoms with Gasteiger partial charge in [0.05, 0.1) is 5.69 Å². The number of nitrogens with one attached hydrogen (secondary N) is 1. The molecular formula is C18H14F3N3O3S. The van der Waals surface area contributed by atoms with Gasteiger partial charge in [0, 0.05) is 17.4 Å². The molecule has 0 radical (unpaired) electrons. The van der Waals surface area contributed by atoms with E-state index in [4.69, 9.17) is 0 Å². The number of ether oxygens (including phenoxy) is 1. The fourth-order valence-corrected chi connectivity index (χ4v) is 3.63. The van der Waals surface area contributed by atoms with Gasteiger partial charge in [-0.25, -0.2) is 18.4 Å². The van der Waals surface area contributed by atoms with E-state index in [0.717, 1.165) is 12.1 Å². The van der Waals surface area contributed by atoms with Crippen molar-refractivity contribution in [2.45, 2.75) is 18.2 Å². The van der Waals surface area contributed by atoms with Crippen LogP contribution in [0.5, 0.6) is 5.75 Å². The molecule has 0 amide bonds. The SMILES string of the molecule is Cc1nccc(-c2cccc(NS(=O)(=O)c3ccccc3OC(F)(F)F)c2)n1. The van der Waals surface area contributed by atoms with Crippen LogP contribution in [-0.4, -0.2) is 24.7 Å². The second kappa shape index (κ2) is 7.47. The van der Waals surface area contributed by atoms with Crippen LogP contribution in [0, 0.1) is 6.92 Å². The summed E-state index contributed by atoms with van der Waals surface area (Å²) >= 11 is 0. The highest BCUT2D eigenvalue weighted by atomic mass is 32.2. The lowest BCUT2D eigenvalue weighted by molar-refractivity contribution is -0.275. The maximum Gasteiger partial charge on any atom is 0.573 e. The summed E-state index contributed by atoms with van der Waals surface area (Å²) in [5.74, 6) is -0.271. The topological polar surface area (TPSA) is 81.2 Å². The largest absolute Gasteiger partial charge is 0.573 e. The lowest BCUT2D eigenvalue weighted by atomic mass is 10.1. The second-order valence-corrected chi connectivity index (χ2v) is 7.32. The Labute approximate surface area is 159 Å². The van der Waals surface area contributed by atoms with Gasteiger partial charge in [-0.1, -0.05) is 24.3 Å². The Kier molecular flexibility index (Phi) is 5.23. The van der Waals surface area contributed by atoms with E-state index in [2.05, 4.69) is 19.4 Å². The number of nitrogens with zero attached hydrogens (tertiary/aromatic N) is 2. The van der Waals surface area contributed by atoms with Crippen molar-refractivity contribution in [2.24, 2.45) is 0 Å². The van der Waals surface area contributed by atoms with Crippen LogP contribution >= 0.6 is 0 Å². The molecule has 0 aliphatic heterocycles. The Morgan fingerprint density at radius 1 is 1.04 bits per heavy atom. The van der Waals surface area contributed by atoms with Gasteiger partial charge in [0.1, 0.15) is 16.5 Å². The predicted octanol–water partition coefficient (Wildman–Crippen LogP) is 4.15. The molecule has 0 unspecified atom stereocenters.